The number of hydrogen-bond donors (Lipinski definition) is 1. The molecule has 2 aliphatic heterocycles. The molecule has 1 N–H and O–H groups in total. The van der Waals surface area contributed by atoms with Gasteiger partial charge in [0.05, 0.1) is 25.8 Å². The molecular formula is C33H44N4O4. The van der Waals surface area contributed by atoms with E-state index in [1.807, 2.05) is 66.9 Å². The predicted octanol–water partition coefficient (Wildman–Crippen LogP) is 4.95. The quantitative estimate of drug-likeness (QED) is 0.355. The van der Waals surface area contributed by atoms with Gasteiger partial charge in [-0.25, -0.2) is 0 Å². The summed E-state index contributed by atoms with van der Waals surface area (Å²) in [7, 11) is 1.63. The normalized spacial score (nSPS) is 23.0. The molecular weight excluding hydrogens is 516 g/mol. The molecule has 220 valence electrons. The largest absolute Gasteiger partial charge is 0.497 e. The molecule has 3 atom stereocenters. The van der Waals surface area contributed by atoms with Crippen molar-refractivity contribution in [3.63, 3.8) is 0 Å². The lowest BCUT2D eigenvalue weighted by Crippen LogP contribution is -2.63. The average molecular weight is 561 g/mol. The summed E-state index contributed by atoms with van der Waals surface area (Å²) < 4.78 is 13.0. The molecule has 5 rings (SSSR count). The third kappa shape index (κ3) is 6.08. The lowest BCUT2D eigenvalue weighted by Gasteiger charge is -2.44. The monoisotopic (exact) mass is 560 g/mol. The number of amides is 2. The summed E-state index contributed by atoms with van der Waals surface area (Å²) in [4.78, 5) is 32.3. The third-order valence-electron chi connectivity index (χ3n) is 8.58. The van der Waals surface area contributed by atoms with Gasteiger partial charge in [0.15, 0.2) is 0 Å². The van der Waals surface area contributed by atoms with E-state index < -0.39 is 5.54 Å². The Balaban J connectivity index is 1.38. The molecule has 0 saturated carbocycles. The first-order valence-corrected chi connectivity index (χ1v) is 14.9. The van der Waals surface area contributed by atoms with Crippen LogP contribution in [0.4, 0.5) is 0 Å². The van der Waals surface area contributed by atoms with Gasteiger partial charge in [-0.15, -0.1) is 0 Å². The highest BCUT2D eigenvalue weighted by atomic mass is 16.5. The predicted molar refractivity (Wildman–Crippen MR) is 161 cm³/mol. The Labute approximate surface area is 243 Å². The van der Waals surface area contributed by atoms with E-state index in [4.69, 9.17) is 9.47 Å². The number of carbonyl (C=O) groups excluding carboxylic acids is 2. The van der Waals surface area contributed by atoms with E-state index in [0.29, 0.717) is 43.8 Å². The molecule has 8 heteroatoms. The summed E-state index contributed by atoms with van der Waals surface area (Å²) >= 11 is 0. The Morgan fingerprint density at radius 1 is 1.05 bits per heavy atom. The van der Waals surface area contributed by atoms with E-state index in [-0.39, 0.29) is 11.8 Å². The molecule has 1 aromatic heterocycles. The van der Waals surface area contributed by atoms with E-state index in [9.17, 15) is 9.59 Å². The molecule has 0 unspecified atom stereocenters. The highest BCUT2D eigenvalue weighted by Crippen LogP contribution is 2.35. The topological polar surface area (TPSA) is 76.0 Å². The van der Waals surface area contributed by atoms with E-state index in [2.05, 4.69) is 24.1 Å². The maximum Gasteiger partial charge on any atom is 0.271 e. The first kappa shape index (κ1) is 29.0. The average Bonchev–Trinajstić information content (AvgIpc) is 3.31. The summed E-state index contributed by atoms with van der Waals surface area (Å²) in [6.45, 7) is 13.5. The van der Waals surface area contributed by atoms with Gasteiger partial charge in [0.25, 0.3) is 5.91 Å². The molecule has 0 radical (unpaired) electrons. The molecule has 3 aromatic rings. The number of fused-ring (bicyclic) bond motifs is 3. The lowest BCUT2D eigenvalue weighted by atomic mass is 9.92. The number of carbonyl (C=O) groups is 2. The maximum absolute atomic E-state index is 14.1. The smallest absolute Gasteiger partial charge is 0.271 e. The van der Waals surface area contributed by atoms with Crippen LogP contribution in [0.2, 0.25) is 0 Å². The maximum atomic E-state index is 14.1. The second-order valence-electron chi connectivity index (χ2n) is 12.1. The summed E-state index contributed by atoms with van der Waals surface area (Å²) in [5.41, 5.74) is 1.34. The van der Waals surface area contributed by atoms with Crippen LogP contribution in [0.15, 0.2) is 48.5 Å². The van der Waals surface area contributed by atoms with Gasteiger partial charge in [0, 0.05) is 37.6 Å². The number of ether oxygens (including phenoxy) is 2. The van der Waals surface area contributed by atoms with Gasteiger partial charge in [-0.2, -0.15) is 0 Å². The number of hydrogen-bond acceptors (Lipinski definition) is 5. The molecule has 2 aromatic carbocycles. The fourth-order valence-electron chi connectivity index (χ4n) is 6.62. The first-order valence-electron chi connectivity index (χ1n) is 14.9. The molecule has 3 heterocycles. The van der Waals surface area contributed by atoms with E-state index in [0.717, 1.165) is 54.0 Å². The third-order valence-corrected chi connectivity index (χ3v) is 8.58. The van der Waals surface area contributed by atoms with Crippen LogP contribution in [0.1, 0.15) is 56.6 Å². The van der Waals surface area contributed by atoms with Gasteiger partial charge in [0.2, 0.25) is 5.91 Å². The minimum Gasteiger partial charge on any atom is -0.497 e. The van der Waals surface area contributed by atoms with Crippen LogP contribution in [0, 0.1) is 11.8 Å². The molecule has 41 heavy (non-hydrogen) atoms. The fraction of sp³-hybridized carbons (Fsp3) is 0.515. The Kier molecular flexibility index (Phi) is 8.59. The first-order chi connectivity index (χ1) is 19.7. The van der Waals surface area contributed by atoms with Crippen molar-refractivity contribution >= 4 is 22.7 Å². The Morgan fingerprint density at radius 2 is 1.76 bits per heavy atom. The summed E-state index contributed by atoms with van der Waals surface area (Å²) in [6, 6.07) is 15.5. The van der Waals surface area contributed by atoms with Crippen LogP contribution in [0.3, 0.4) is 0 Å². The van der Waals surface area contributed by atoms with Crippen molar-refractivity contribution in [2.24, 2.45) is 11.8 Å². The van der Waals surface area contributed by atoms with Crippen molar-refractivity contribution in [2.75, 3.05) is 39.9 Å². The summed E-state index contributed by atoms with van der Waals surface area (Å²) in [6.07, 6.45) is 2.16. The lowest BCUT2D eigenvalue weighted by molar-refractivity contribution is -0.133. The molecule has 8 nitrogen and oxygen atoms in total. The second-order valence-corrected chi connectivity index (χ2v) is 12.1. The van der Waals surface area contributed by atoms with Crippen LogP contribution < -0.4 is 14.8 Å². The van der Waals surface area contributed by atoms with Crippen LogP contribution in [-0.2, 0) is 17.9 Å². The number of likely N-dealkylation sites (tertiary alicyclic amines) is 1. The molecule has 1 saturated heterocycles. The van der Waals surface area contributed by atoms with E-state index in [1.165, 1.54) is 6.42 Å². The fourth-order valence-corrected chi connectivity index (χ4v) is 6.62. The van der Waals surface area contributed by atoms with Crippen LogP contribution in [0.5, 0.6) is 11.5 Å². The zero-order valence-corrected chi connectivity index (χ0v) is 25.1. The van der Waals surface area contributed by atoms with Gasteiger partial charge in [-0.05, 0) is 81.0 Å². The standard InChI is InChI=1S/C33H44N4O4/c1-6-41-27-11-8-25(9-12-27)21-37-31(38)30-17-26-10-13-28(40-5)18-29(26)36(30)22-33(37,4)32(39)34-14-7-15-35-19-23(2)16-24(3)20-35/h8-13,17-18,23-24H,6-7,14-16,19-22H2,1-5H3,(H,34,39)/t23-,24+,33-/m0/s1. The molecule has 2 amide bonds. The Hall–Kier alpha value is -3.52. The highest BCUT2D eigenvalue weighted by molar-refractivity contribution is 6.03. The van der Waals surface area contributed by atoms with Gasteiger partial charge < -0.3 is 29.2 Å². The van der Waals surface area contributed by atoms with Crippen molar-refractivity contribution < 1.29 is 19.1 Å². The van der Waals surface area contributed by atoms with Crippen molar-refractivity contribution in [1.82, 2.24) is 19.7 Å². The number of methoxy groups -OCH3 is 1. The van der Waals surface area contributed by atoms with Crippen molar-refractivity contribution in [3.8, 4) is 11.5 Å². The highest BCUT2D eigenvalue weighted by Gasteiger charge is 2.47. The Bertz CT molecular complexity index is 1370. The number of piperidine rings is 1. The minimum absolute atomic E-state index is 0.132. The molecule has 0 aliphatic carbocycles. The van der Waals surface area contributed by atoms with E-state index in [1.54, 1.807) is 12.0 Å². The number of nitrogens with zero attached hydrogens (tertiary/aromatic N) is 3. The molecule has 1 fully saturated rings. The molecule has 2 aliphatic rings. The van der Waals surface area contributed by atoms with Crippen LogP contribution in [0.25, 0.3) is 10.9 Å². The number of aromatic nitrogens is 1. The number of benzene rings is 2. The van der Waals surface area contributed by atoms with Gasteiger partial charge in [-0.3, -0.25) is 9.59 Å². The number of nitrogens with one attached hydrogen (secondary N) is 1. The zero-order chi connectivity index (χ0) is 29.1. The summed E-state index contributed by atoms with van der Waals surface area (Å²) in [5.74, 6) is 2.63. The second kappa shape index (κ2) is 12.1. The van der Waals surface area contributed by atoms with Gasteiger partial charge in [-0.1, -0.05) is 26.0 Å². The molecule has 0 spiro atoms. The minimum atomic E-state index is -1.08. The number of rotatable bonds is 10. The summed E-state index contributed by atoms with van der Waals surface area (Å²) in [5, 5.41) is 4.14. The zero-order valence-electron chi connectivity index (χ0n) is 25.1. The van der Waals surface area contributed by atoms with Gasteiger partial charge >= 0.3 is 0 Å². The Morgan fingerprint density at radius 3 is 2.44 bits per heavy atom. The van der Waals surface area contributed by atoms with Crippen LogP contribution >= 0.6 is 0 Å². The van der Waals surface area contributed by atoms with Crippen LogP contribution in [-0.4, -0.2) is 71.6 Å². The van der Waals surface area contributed by atoms with Gasteiger partial charge in [0.1, 0.15) is 22.7 Å². The van der Waals surface area contributed by atoms with Crippen molar-refractivity contribution in [1.29, 1.82) is 0 Å². The van der Waals surface area contributed by atoms with E-state index >= 15 is 0 Å². The SMILES string of the molecule is CCOc1ccc(CN2C(=O)c3cc4ccc(OC)cc4n3C[C@@]2(C)C(=O)NCCCN2C[C@H](C)C[C@H](C)C2)cc1. The molecule has 0 bridgehead atoms. The van der Waals surface area contributed by atoms with Crippen molar-refractivity contribution in [3.05, 3.63) is 59.8 Å². The van der Waals surface area contributed by atoms with Crippen molar-refractivity contribution in [2.45, 2.75) is 59.2 Å².